The Morgan fingerprint density at radius 1 is 1.04 bits per heavy atom. The first-order chi connectivity index (χ1) is 11.1. The minimum Gasteiger partial charge on any atom is -0.497 e. The van der Waals surface area contributed by atoms with Crippen LogP contribution in [0, 0.1) is 10.1 Å². The summed E-state index contributed by atoms with van der Waals surface area (Å²) in [6, 6.07) is 12.4. The fourth-order valence-electron chi connectivity index (χ4n) is 2.00. The Balaban J connectivity index is 0.00000127. The topological polar surface area (TPSA) is 61.6 Å². The zero-order valence-electron chi connectivity index (χ0n) is 14.0. The van der Waals surface area contributed by atoms with Crippen LogP contribution >= 0.6 is 0 Å². The van der Waals surface area contributed by atoms with E-state index in [0.717, 1.165) is 11.3 Å². The molecule has 0 aliphatic rings. The van der Waals surface area contributed by atoms with Gasteiger partial charge in [0, 0.05) is 11.6 Å². The quantitative estimate of drug-likeness (QED) is 0.568. The second-order valence-electron chi connectivity index (χ2n) is 4.54. The monoisotopic (exact) mass is 317 g/mol. The first kappa shape index (κ1) is 18.5. The molecule has 2 rings (SSSR count). The molecular weight excluding hydrogens is 294 g/mol. The third-order valence-corrected chi connectivity index (χ3v) is 3.19. The van der Waals surface area contributed by atoms with Crippen molar-refractivity contribution in [1.29, 1.82) is 0 Å². The molecule has 0 bridgehead atoms. The van der Waals surface area contributed by atoms with Gasteiger partial charge in [-0.1, -0.05) is 32.9 Å². The molecule has 0 unspecified atom stereocenters. The van der Waals surface area contributed by atoms with Crippen molar-refractivity contribution in [3.63, 3.8) is 0 Å². The maximum absolute atomic E-state index is 10.9. The molecule has 2 aromatic carbocycles. The van der Waals surface area contributed by atoms with E-state index in [1.54, 1.807) is 19.2 Å². The fourth-order valence-corrected chi connectivity index (χ4v) is 2.00. The van der Waals surface area contributed by atoms with Crippen LogP contribution in [0.1, 0.15) is 31.9 Å². The number of methoxy groups -OCH3 is 1. The molecule has 0 radical (unpaired) electrons. The molecule has 0 aliphatic heterocycles. The van der Waals surface area contributed by atoms with Crippen LogP contribution in [-0.2, 0) is 13.0 Å². The van der Waals surface area contributed by atoms with Crippen molar-refractivity contribution >= 4 is 5.69 Å². The molecular formula is C18H23NO4. The third kappa shape index (κ3) is 5.29. The Bertz CT molecular complexity index is 623. The summed E-state index contributed by atoms with van der Waals surface area (Å²) >= 11 is 0. The van der Waals surface area contributed by atoms with Crippen molar-refractivity contribution in [2.75, 3.05) is 7.11 Å². The Kier molecular flexibility index (Phi) is 7.60. The second kappa shape index (κ2) is 9.46. The van der Waals surface area contributed by atoms with Crippen molar-refractivity contribution in [1.82, 2.24) is 0 Å². The molecule has 0 atom stereocenters. The molecule has 5 heteroatoms. The van der Waals surface area contributed by atoms with E-state index in [2.05, 4.69) is 0 Å². The molecule has 2 aromatic rings. The summed E-state index contributed by atoms with van der Waals surface area (Å²) in [6.07, 6.45) is 0.593. The van der Waals surface area contributed by atoms with Crippen LogP contribution in [0.2, 0.25) is 0 Å². The number of hydrogen-bond donors (Lipinski definition) is 0. The van der Waals surface area contributed by atoms with Crippen molar-refractivity contribution in [2.24, 2.45) is 0 Å². The first-order valence-electron chi connectivity index (χ1n) is 7.67. The lowest BCUT2D eigenvalue weighted by Crippen LogP contribution is -1.98. The van der Waals surface area contributed by atoms with E-state index in [1.807, 2.05) is 45.0 Å². The van der Waals surface area contributed by atoms with Crippen LogP contribution in [0.4, 0.5) is 5.69 Å². The average Bonchev–Trinajstić information content (AvgIpc) is 2.61. The largest absolute Gasteiger partial charge is 0.497 e. The van der Waals surface area contributed by atoms with E-state index in [9.17, 15) is 10.1 Å². The Morgan fingerprint density at radius 2 is 1.65 bits per heavy atom. The van der Waals surface area contributed by atoms with Gasteiger partial charge in [0.2, 0.25) is 0 Å². The lowest BCUT2D eigenvalue weighted by atomic mass is 10.1. The fraction of sp³-hybridized carbons (Fsp3) is 0.333. The van der Waals surface area contributed by atoms with Gasteiger partial charge in [-0.2, -0.15) is 0 Å². The van der Waals surface area contributed by atoms with Gasteiger partial charge in [-0.3, -0.25) is 10.1 Å². The van der Waals surface area contributed by atoms with Crippen LogP contribution in [0.3, 0.4) is 0 Å². The Morgan fingerprint density at radius 3 is 2.17 bits per heavy atom. The average molecular weight is 317 g/mol. The van der Waals surface area contributed by atoms with Crippen molar-refractivity contribution in [2.45, 2.75) is 33.8 Å². The molecule has 23 heavy (non-hydrogen) atoms. The van der Waals surface area contributed by atoms with Gasteiger partial charge < -0.3 is 9.47 Å². The Labute approximate surface area is 137 Å². The molecule has 0 spiro atoms. The van der Waals surface area contributed by atoms with Gasteiger partial charge in [-0.15, -0.1) is 0 Å². The second-order valence-corrected chi connectivity index (χ2v) is 4.54. The highest BCUT2D eigenvalue weighted by molar-refractivity contribution is 5.45. The zero-order chi connectivity index (χ0) is 17.2. The molecule has 0 saturated carbocycles. The number of nitro groups is 1. The number of benzene rings is 2. The maximum Gasteiger partial charge on any atom is 0.272 e. The van der Waals surface area contributed by atoms with Gasteiger partial charge in [0.25, 0.3) is 5.69 Å². The van der Waals surface area contributed by atoms with E-state index in [4.69, 9.17) is 9.47 Å². The highest BCUT2D eigenvalue weighted by Crippen LogP contribution is 2.25. The van der Waals surface area contributed by atoms with Gasteiger partial charge in [-0.25, -0.2) is 0 Å². The lowest BCUT2D eigenvalue weighted by Gasteiger charge is -2.08. The number of nitrogens with zero attached hydrogens (tertiary/aromatic N) is 1. The van der Waals surface area contributed by atoms with Gasteiger partial charge in [0.15, 0.2) is 0 Å². The molecule has 0 amide bonds. The standard InChI is InChI=1S/C16H17NO4.C2H6/c1-3-13-10-15(8-9-16(13)17(18)19)21-11-12-4-6-14(20-2)7-5-12;1-2/h4-10H,3,11H2,1-2H3;1-2H3. The number of hydrogen-bond acceptors (Lipinski definition) is 4. The molecule has 0 N–H and O–H groups in total. The van der Waals surface area contributed by atoms with Crippen molar-refractivity contribution in [3.8, 4) is 11.5 Å². The summed E-state index contributed by atoms with van der Waals surface area (Å²) in [5, 5.41) is 10.9. The molecule has 5 nitrogen and oxygen atoms in total. The summed E-state index contributed by atoms with van der Waals surface area (Å²) in [7, 11) is 1.62. The molecule has 0 aliphatic carbocycles. The maximum atomic E-state index is 10.9. The van der Waals surface area contributed by atoms with Gasteiger partial charge >= 0.3 is 0 Å². The van der Waals surface area contributed by atoms with E-state index >= 15 is 0 Å². The van der Waals surface area contributed by atoms with E-state index in [-0.39, 0.29) is 10.6 Å². The zero-order valence-corrected chi connectivity index (χ0v) is 14.0. The SMILES string of the molecule is CC.CCc1cc(OCc2ccc(OC)cc2)ccc1[N+](=O)[O-]. The van der Waals surface area contributed by atoms with Gasteiger partial charge in [0.1, 0.15) is 18.1 Å². The normalized spacial score (nSPS) is 9.57. The molecule has 0 fully saturated rings. The minimum absolute atomic E-state index is 0.134. The van der Waals surface area contributed by atoms with Crippen LogP contribution in [0.15, 0.2) is 42.5 Å². The lowest BCUT2D eigenvalue weighted by molar-refractivity contribution is -0.385. The van der Waals surface area contributed by atoms with Crippen molar-refractivity contribution in [3.05, 3.63) is 63.7 Å². The van der Waals surface area contributed by atoms with Crippen LogP contribution < -0.4 is 9.47 Å². The molecule has 0 heterocycles. The smallest absolute Gasteiger partial charge is 0.272 e. The van der Waals surface area contributed by atoms with E-state index in [1.165, 1.54) is 6.07 Å². The summed E-state index contributed by atoms with van der Waals surface area (Å²) in [5.74, 6) is 1.43. The third-order valence-electron chi connectivity index (χ3n) is 3.19. The number of aryl methyl sites for hydroxylation is 1. The van der Waals surface area contributed by atoms with Gasteiger partial charge in [0.05, 0.1) is 12.0 Å². The number of rotatable bonds is 6. The van der Waals surface area contributed by atoms with Gasteiger partial charge in [-0.05, 0) is 36.2 Å². The summed E-state index contributed by atoms with van der Waals surface area (Å²) in [4.78, 5) is 10.5. The van der Waals surface area contributed by atoms with Crippen LogP contribution in [-0.4, -0.2) is 12.0 Å². The molecule has 0 aromatic heterocycles. The number of nitro benzene ring substituents is 1. The molecule has 124 valence electrons. The highest BCUT2D eigenvalue weighted by Gasteiger charge is 2.12. The van der Waals surface area contributed by atoms with Crippen LogP contribution in [0.5, 0.6) is 11.5 Å². The summed E-state index contributed by atoms with van der Waals surface area (Å²) < 4.78 is 10.8. The Hall–Kier alpha value is -2.56. The minimum atomic E-state index is -0.369. The predicted molar refractivity (Wildman–Crippen MR) is 91.1 cm³/mol. The highest BCUT2D eigenvalue weighted by atomic mass is 16.6. The molecule has 0 saturated heterocycles. The summed E-state index contributed by atoms with van der Waals surface area (Å²) in [5.41, 5.74) is 1.81. The first-order valence-corrected chi connectivity index (χ1v) is 7.67. The number of ether oxygens (including phenoxy) is 2. The van der Waals surface area contributed by atoms with E-state index < -0.39 is 0 Å². The van der Waals surface area contributed by atoms with Crippen molar-refractivity contribution < 1.29 is 14.4 Å². The van der Waals surface area contributed by atoms with E-state index in [0.29, 0.717) is 24.3 Å². The van der Waals surface area contributed by atoms with Crippen LogP contribution in [0.25, 0.3) is 0 Å². The predicted octanol–water partition coefficient (Wildman–Crippen LogP) is 4.77. The summed E-state index contributed by atoms with van der Waals surface area (Å²) in [6.45, 7) is 6.29.